The fourth-order valence-corrected chi connectivity index (χ4v) is 1.94. The lowest BCUT2D eigenvalue weighted by atomic mass is 10.1. The molecule has 1 N–H and O–H groups in total. The molecule has 0 radical (unpaired) electrons. The van der Waals surface area contributed by atoms with Crippen LogP contribution >= 0.6 is 0 Å². The van der Waals surface area contributed by atoms with E-state index in [2.05, 4.69) is 24.2 Å². The summed E-state index contributed by atoms with van der Waals surface area (Å²) in [6.45, 7) is 7.57. The highest BCUT2D eigenvalue weighted by atomic mass is 16.5. The second-order valence-corrected chi connectivity index (χ2v) is 3.99. The fourth-order valence-electron chi connectivity index (χ4n) is 1.94. The van der Waals surface area contributed by atoms with E-state index < -0.39 is 0 Å². The molecule has 0 amide bonds. The number of nitrogens with zero attached hydrogens (tertiary/aromatic N) is 1. The molecule has 1 heterocycles. The Labute approximate surface area is 87.8 Å². The van der Waals surface area contributed by atoms with Gasteiger partial charge in [0.25, 0.3) is 0 Å². The Balaban J connectivity index is 2.01. The van der Waals surface area contributed by atoms with Crippen LogP contribution in [0.15, 0.2) is 0 Å². The maximum Gasteiger partial charge on any atom is 0.0594 e. The second kappa shape index (κ2) is 7.21. The quantitative estimate of drug-likeness (QED) is 0.695. The van der Waals surface area contributed by atoms with Crippen molar-refractivity contribution < 1.29 is 4.74 Å². The van der Waals surface area contributed by atoms with Gasteiger partial charge < -0.3 is 10.1 Å². The fraction of sp³-hybridized carbons (Fsp3) is 1.00. The third kappa shape index (κ3) is 4.40. The van der Waals surface area contributed by atoms with Gasteiger partial charge in [-0.25, -0.2) is 0 Å². The van der Waals surface area contributed by atoms with Crippen LogP contribution in [0, 0.1) is 0 Å². The first-order chi connectivity index (χ1) is 6.86. The van der Waals surface area contributed by atoms with Gasteiger partial charge in [0.05, 0.1) is 13.2 Å². The molecule has 0 aromatic rings. The zero-order valence-electron chi connectivity index (χ0n) is 9.59. The standard InChI is InChI=1S/C11H24N2O/c1-3-11(12-2)5-4-6-13-7-9-14-10-8-13/h11-12H,3-10H2,1-2H3. The van der Waals surface area contributed by atoms with Crippen LogP contribution in [0.25, 0.3) is 0 Å². The Morgan fingerprint density at radius 3 is 2.64 bits per heavy atom. The molecule has 1 fully saturated rings. The van der Waals surface area contributed by atoms with E-state index in [0.29, 0.717) is 6.04 Å². The number of rotatable bonds is 6. The van der Waals surface area contributed by atoms with Crippen LogP contribution in [0.5, 0.6) is 0 Å². The monoisotopic (exact) mass is 200 g/mol. The van der Waals surface area contributed by atoms with Gasteiger partial charge in [0, 0.05) is 19.1 Å². The minimum absolute atomic E-state index is 0.705. The Morgan fingerprint density at radius 1 is 1.36 bits per heavy atom. The first-order valence-corrected chi connectivity index (χ1v) is 5.84. The molecular formula is C11H24N2O. The van der Waals surface area contributed by atoms with Crippen molar-refractivity contribution >= 4 is 0 Å². The van der Waals surface area contributed by atoms with E-state index in [1.807, 2.05) is 0 Å². The molecule has 3 heteroatoms. The largest absolute Gasteiger partial charge is 0.379 e. The van der Waals surface area contributed by atoms with E-state index in [-0.39, 0.29) is 0 Å². The van der Waals surface area contributed by atoms with E-state index >= 15 is 0 Å². The van der Waals surface area contributed by atoms with Gasteiger partial charge in [-0.2, -0.15) is 0 Å². The molecule has 0 spiro atoms. The van der Waals surface area contributed by atoms with Crippen LogP contribution in [-0.4, -0.2) is 50.8 Å². The Morgan fingerprint density at radius 2 is 2.07 bits per heavy atom. The molecule has 84 valence electrons. The lowest BCUT2D eigenvalue weighted by molar-refractivity contribution is 0.0369. The summed E-state index contributed by atoms with van der Waals surface area (Å²) in [5.41, 5.74) is 0. The molecule has 1 aliphatic heterocycles. The SMILES string of the molecule is CCC(CCCN1CCOCC1)NC. The summed E-state index contributed by atoms with van der Waals surface area (Å²) in [7, 11) is 2.06. The molecular weight excluding hydrogens is 176 g/mol. The van der Waals surface area contributed by atoms with Crippen molar-refractivity contribution in [3.63, 3.8) is 0 Å². The van der Waals surface area contributed by atoms with Crippen LogP contribution in [0.2, 0.25) is 0 Å². The van der Waals surface area contributed by atoms with Crippen LogP contribution in [0.1, 0.15) is 26.2 Å². The number of hydrogen-bond acceptors (Lipinski definition) is 3. The summed E-state index contributed by atoms with van der Waals surface area (Å²) < 4.78 is 5.32. The Kier molecular flexibility index (Phi) is 6.15. The van der Waals surface area contributed by atoms with Crippen molar-refractivity contribution in [2.24, 2.45) is 0 Å². The van der Waals surface area contributed by atoms with Crippen LogP contribution in [0.4, 0.5) is 0 Å². The summed E-state index contributed by atoms with van der Waals surface area (Å²) in [5, 5.41) is 3.35. The maximum absolute atomic E-state index is 5.32. The number of nitrogens with one attached hydrogen (secondary N) is 1. The molecule has 1 atom stereocenters. The molecule has 14 heavy (non-hydrogen) atoms. The predicted octanol–water partition coefficient (Wildman–Crippen LogP) is 1.10. The van der Waals surface area contributed by atoms with E-state index in [1.54, 1.807) is 0 Å². The highest BCUT2D eigenvalue weighted by molar-refractivity contribution is 4.66. The average Bonchev–Trinajstić information content (AvgIpc) is 2.26. The van der Waals surface area contributed by atoms with E-state index in [0.717, 1.165) is 26.3 Å². The van der Waals surface area contributed by atoms with Gasteiger partial charge in [-0.1, -0.05) is 6.92 Å². The highest BCUT2D eigenvalue weighted by Crippen LogP contribution is 2.04. The number of hydrogen-bond donors (Lipinski definition) is 1. The number of morpholine rings is 1. The zero-order valence-corrected chi connectivity index (χ0v) is 9.59. The van der Waals surface area contributed by atoms with Crippen molar-refractivity contribution in [3.05, 3.63) is 0 Å². The zero-order chi connectivity index (χ0) is 10.2. The first-order valence-electron chi connectivity index (χ1n) is 5.84. The second-order valence-electron chi connectivity index (χ2n) is 3.99. The van der Waals surface area contributed by atoms with Crippen molar-refractivity contribution in [1.82, 2.24) is 10.2 Å². The lowest BCUT2D eigenvalue weighted by Crippen LogP contribution is -2.37. The topological polar surface area (TPSA) is 24.5 Å². The predicted molar refractivity (Wildman–Crippen MR) is 59.6 cm³/mol. The van der Waals surface area contributed by atoms with Gasteiger partial charge in [0.15, 0.2) is 0 Å². The van der Waals surface area contributed by atoms with Crippen molar-refractivity contribution in [2.45, 2.75) is 32.2 Å². The molecule has 0 aliphatic carbocycles. The normalized spacial score (nSPS) is 21.0. The van der Waals surface area contributed by atoms with E-state index in [1.165, 1.54) is 25.8 Å². The van der Waals surface area contributed by atoms with Crippen molar-refractivity contribution in [1.29, 1.82) is 0 Å². The van der Waals surface area contributed by atoms with Gasteiger partial charge >= 0.3 is 0 Å². The van der Waals surface area contributed by atoms with Crippen molar-refractivity contribution in [2.75, 3.05) is 39.9 Å². The summed E-state index contributed by atoms with van der Waals surface area (Å²) in [5.74, 6) is 0. The molecule has 0 bridgehead atoms. The lowest BCUT2D eigenvalue weighted by Gasteiger charge is -2.27. The molecule has 1 unspecified atom stereocenters. The number of ether oxygens (including phenoxy) is 1. The summed E-state index contributed by atoms with van der Waals surface area (Å²) in [6.07, 6.45) is 3.84. The van der Waals surface area contributed by atoms with E-state index in [9.17, 15) is 0 Å². The van der Waals surface area contributed by atoms with Gasteiger partial charge in [0.2, 0.25) is 0 Å². The molecule has 0 aromatic carbocycles. The molecule has 1 rings (SSSR count). The van der Waals surface area contributed by atoms with Crippen LogP contribution < -0.4 is 5.32 Å². The minimum atomic E-state index is 0.705. The third-order valence-corrected chi connectivity index (χ3v) is 3.03. The van der Waals surface area contributed by atoms with Crippen LogP contribution in [-0.2, 0) is 4.74 Å². The van der Waals surface area contributed by atoms with Crippen LogP contribution in [0.3, 0.4) is 0 Å². The Hall–Kier alpha value is -0.120. The molecule has 1 saturated heterocycles. The minimum Gasteiger partial charge on any atom is -0.379 e. The summed E-state index contributed by atoms with van der Waals surface area (Å²) in [4.78, 5) is 2.51. The van der Waals surface area contributed by atoms with Gasteiger partial charge in [0.1, 0.15) is 0 Å². The molecule has 0 saturated carbocycles. The summed E-state index contributed by atoms with van der Waals surface area (Å²) in [6, 6.07) is 0.705. The molecule has 1 aliphatic rings. The first kappa shape index (κ1) is 12.0. The summed E-state index contributed by atoms with van der Waals surface area (Å²) >= 11 is 0. The van der Waals surface area contributed by atoms with E-state index in [4.69, 9.17) is 4.74 Å². The maximum atomic E-state index is 5.32. The molecule has 3 nitrogen and oxygen atoms in total. The Bertz CT molecular complexity index is 131. The van der Waals surface area contributed by atoms with Crippen molar-refractivity contribution in [3.8, 4) is 0 Å². The third-order valence-electron chi connectivity index (χ3n) is 3.03. The smallest absolute Gasteiger partial charge is 0.0594 e. The molecule has 0 aromatic heterocycles. The van der Waals surface area contributed by atoms with Gasteiger partial charge in [-0.05, 0) is 32.9 Å². The van der Waals surface area contributed by atoms with Gasteiger partial charge in [-0.15, -0.1) is 0 Å². The average molecular weight is 200 g/mol. The van der Waals surface area contributed by atoms with Gasteiger partial charge in [-0.3, -0.25) is 4.90 Å². The highest BCUT2D eigenvalue weighted by Gasteiger charge is 2.10.